The molecule has 0 saturated carbocycles. The fourth-order valence-corrected chi connectivity index (χ4v) is 4.10. The molecule has 0 radical (unpaired) electrons. The van der Waals surface area contributed by atoms with Crippen LogP contribution in [0.4, 0.5) is 0 Å². The van der Waals surface area contributed by atoms with Gasteiger partial charge in [-0.2, -0.15) is 12.6 Å². The predicted molar refractivity (Wildman–Crippen MR) is 144 cm³/mol. The molecule has 0 fully saturated rings. The Morgan fingerprint density at radius 1 is 0.974 bits per heavy atom. The quantitative estimate of drug-likeness (QED) is 0.140. The number of amides is 3. The number of carboxylic acids is 1. The molecule has 3 aromatic rings. The maximum atomic E-state index is 13.5. The summed E-state index contributed by atoms with van der Waals surface area (Å²) in [5.74, 6) is -3.41. The third-order valence-corrected chi connectivity index (χ3v) is 6.53. The number of carbonyl (C=O) groups excluding carboxylic acids is 3. The summed E-state index contributed by atoms with van der Waals surface area (Å²) < 4.78 is 0. The number of imidazole rings is 1. The Morgan fingerprint density at radius 2 is 1.61 bits per heavy atom. The van der Waals surface area contributed by atoms with Crippen LogP contribution in [0.25, 0.3) is 10.9 Å². The first-order chi connectivity index (χ1) is 18.1. The van der Waals surface area contributed by atoms with E-state index in [1.807, 2.05) is 24.3 Å². The van der Waals surface area contributed by atoms with Crippen molar-refractivity contribution in [2.75, 3.05) is 5.75 Å². The number of nitrogens with zero attached hydrogens (tertiary/aromatic N) is 1. The summed E-state index contributed by atoms with van der Waals surface area (Å²) >= 11 is 4.00. The van der Waals surface area contributed by atoms with Crippen molar-refractivity contribution in [1.29, 1.82) is 0 Å². The first-order valence-corrected chi connectivity index (χ1v) is 12.8. The number of aromatic amines is 2. The highest BCUT2D eigenvalue weighted by molar-refractivity contribution is 7.80. The van der Waals surface area contributed by atoms with E-state index in [-0.39, 0.29) is 24.5 Å². The second-order valence-corrected chi connectivity index (χ2v) is 9.68. The first-order valence-electron chi connectivity index (χ1n) is 12.1. The van der Waals surface area contributed by atoms with Crippen molar-refractivity contribution >= 4 is 47.2 Å². The number of rotatable bonds is 13. The highest BCUT2D eigenvalue weighted by Crippen LogP contribution is 2.19. The van der Waals surface area contributed by atoms with E-state index >= 15 is 0 Å². The minimum absolute atomic E-state index is 0.0662. The molecule has 0 aliphatic carbocycles. The third-order valence-electron chi connectivity index (χ3n) is 6.16. The second-order valence-electron chi connectivity index (χ2n) is 9.32. The highest BCUT2D eigenvalue weighted by Gasteiger charge is 2.31. The lowest BCUT2D eigenvalue weighted by Gasteiger charge is -2.25. The Hall–Kier alpha value is -3.84. The maximum absolute atomic E-state index is 13.5. The SMILES string of the molecule is CC(C)C(N)C(=O)NC(Cc1cnc[nH]1)C(=O)NC(Cc1c[nH]c2ccccc12)C(=O)NC(CS)C(=O)O. The van der Waals surface area contributed by atoms with Gasteiger partial charge in [0.1, 0.15) is 18.1 Å². The number of carboxylic acid groups (broad SMARTS) is 1. The van der Waals surface area contributed by atoms with Gasteiger partial charge in [0.2, 0.25) is 17.7 Å². The van der Waals surface area contributed by atoms with Crippen LogP contribution in [0.15, 0.2) is 43.0 Å². The van der Waals surface area contributed by atoms with Crippen LogP contribution in [0.5, 0.6) is 0 Å². The van der Waals surface area contributed by atoms with Gasteiger partial charge in [0, 0.05) is 47.6 Å². The monoisotopic (exact) mass is 543 g/mol. The number of para-hydroxylation sites is 1. The van der Waals surface area contributed by atoms with E-state index in [0.717, 1.165) is 16.5 Å². The molecule has 0 saturated heterocycles. The average molecular weight is 544 g/mol. The predicted octanol–water partition coefficient (Wildman–Crippen LogP) is 0.128. The molecular weight excluding hydrogens is 510 g/mol. The Labute approximate surface area is 225 Å². The van der Waals surface area contributed by atoms with Crippen LogP contribution < -0.4 is 21.7 Å². The molecule has 3 rings (SSSR count). The largest absolute Gasteiger partial charge is 0.480 e. The zero-order valence-corrected chi connectivity index (χ0v) is 22.0. The molecule has 0 aliphatic heterocycles. The van der Waals surface area contributed by atoms with Crippen LogP contribution in [0.2, 0.25) is 0 Å². The molecule has 204 valence electrons. The summed E-state index contributed by atoms with van der Waals surface area (Å²) in [4.78, 5) is 60.9. The van der Waals surface area contributed by atoms with Crippen LogP contribution in [0.1, 0.15) is 25.1 Å². The average Bonchev–Trinajstić information content (AvgIpc) is 3.55. The van der Waals surface area contributed by atoms with Crippen molar-refractivity contribution in [3.8, 4) is 0 Å². The second kappa shape index (κ2) is 13.1. The topological polar surface area (TPSA) is 195 Å². The standard InChI is InChI=1S/C25H33N7O5S/c1-13(2)21(26)24(35)31-19(8-15-10-27-12-29-15)23(34)30-18(22(33)32-20(11-38)25(36)37)7-14-9-28-17-6-4-3-5-16(14)17/h3-6,9-10,12-13,18-21,28,38H,7-8,11,26H2,1-2H3,(H,27,29)(H,30,34)(H,31,35)(H,32,33)(H,36,37). The normalized spacial score (nSPS) is 14.4. The number of fused-ring (bicyclic) bond motifs is 1. The molecule has 4 atom stereocenters. The molecule has 12 nitrogen and oxygen atoms in total. The summed E-state index contributed by atoms with van der Waals surface area (Å²) in [5, 5.41) is 18.0. The number of benzene rings is 1. The molecule has 3 amide bonds. The smallest absolute Gasteiger partial charge is 0.327 e. The number of H-pyrrole nitrogens is 2. The summed E-state index contributed by atoms with van der Waals surface area (Å²) in [6.45, 7) is 3.58. The van der Waals surface area contributed by atoms with Crippen molar-refractivity contribution < 1.29 is 24.3 Å². The van der Waals surface area contributed by atoms with E-state index in [2.05, 4.69) is 43.5 Å². The van der Waals surface area contributed by atoms with Gasteiger partial charge in [-0.05, 0) is 17.5 Å². The molecule has 2 aromatic heterocycles. The van der Waals surface area contributed by atoms with E-state index in [1.54, 1.807) is 20.0 Å². The van der Waals surface area contributed by atoms with Crippen LogP contribution in [-0.2, 0) is 32.0 Å². The van der Waals surface area contributed by atoms with Crippen molar-refractivity contribution in [1.82, 2.24) is 30.9 Å². The van der Waals surface area contributed by atoms with E-state index in [4.69, 9.17) is 5.73 Å². The fourth-order valence-electron chi connectivity index (χ4n) is 3.86. The summed E-state index contributed by atoms with van der Waals surface area (Å²) in [6.07, 6.45) is 4.84. The van der Waals surface area contributed by atoms with Crippen molar-refractivity contribution in [2.45, 2.75) is 50.9 Å². The zero-order valence-electron chi connectivity index (χ0n) is 21.1. The summed E-state index contributed by atoms with van der Waals surface area (Å²) in [5.41, 5.74) is 8.16. The van der Waals surface area contributed by atoms with E-state index < -0.39 is 47.9 Å². The number of hydrogen-bond donors (Lipinski definition) is 8. The molecular formula is C25H33N7O5S. The van der Waals surface area contributed by atoms with E-state index in [9.17, 15) is 24.3 Å². The molecule has 4 unspecified atom stereocenters. The molecule has 2 heterocycles. The molecule has 0 aliphatic rings. The van der Waals surface area contributed by atoms with E-state index in [0.29, 0.717) is 5.69 Å². The summed E-state index contributed by atoms with van der Waals surface area (Å²) in [7, 11) is 0. The van der Waals surface area contributed by atoms with Crippen LogP contribution in [0.3, 0.4) is 0 Å². The lowest BCUT2D eigenvalue weighted by atomic mass is 10.0. The third kappa shape index (κ3) is 7.35. The number of thiol groups is 1. The van der Waals surface area contributed by atoms with Gasteiger partial charge in [0.05, 0.1) is 12.4 Å². The van der Waals surface area contributed by atoms with Gasteiger partial charge in [0.15, 0.2) is 0 Å². The van der Waals surface area contributed by atoms with Gasteiger partial charge >= 0.3 is 5.97 Å². The van der Waals surface area contributed by atoms with Crippen molar-refractivity contribution in [3.63, 3.8) is 0 Å². The van der Waals surface area contributed by atoms with Crippen molar-refractivity contribution in [3.05, 3.63) is 54.2 Å². The van der Waals surface area contributed by atoms with Gasteiger partial charge in [-0.3, -0.25) is 14.4 Å². The van der Waals surface area contributed by atoms with E-state index in [1.165, 1.54) is 12.5 Å². The van der Waals surface area contributed by atoms with Gasteiger partial charge < -0.3 is 36.8 Å². The summed E-state index contributed by atoms with van der Waals surface area (Å²) in [6, 6.07) is 3.14. The van der Waals surface area contributed by atoms with Crippen LogP contribution in [-0.4, -0.2) is 73.7 Å². The number of nitrogens with one attached hydrogen (secondary N) is 5. The lowest BCUT2D eigenvalue weighted by molar-refractivity contribution is -0.141. The molecule has 1 aromatic carbocycles. The minimum Gasteiger partial charge on any atom is -0.480 e. The van der Waals surface area contributed by atoms with Gasteiger partial charge in [-0.25, -0.2) is 9.78 Å². The molecule has 0 bridgehead atoms. The molecule has 0 spiro atoms. The van der Waals surface area contributed by atoms with Gasteiger partial charge in [0.25, 0.3) is 0 Å². The fraction of sp³-hybridized carbons (Fsp3) is 0.400. The molecule has 13 heteroatoms. The zero-order chi connectivity index (χ0) is 27.8. The number of carbonyl (C=O) groups is 4. The Kier molecular flexibility index (Phi) is 9.91. The van der Waals surface area contributed by atoms with Crippen LogP contribution in [0, 0.1) is 5.92 Å². The maximum Gasteiger partial charge on any atom is 0.327 e. The molecule has 38 heavy (non-hydrogen) atoms. The number of aliphatic carboxylic acids is 1. The number of nitrogens with two attached hydrogens (primary N) is 1. The Bertz CT molecular complexity index is 1260. The Balaban J connectivity index is 1.87. The van der Waals surface area contributed by atoms with Gasteiger partial charge in [-0.1, -0.05) is 32.0 Å². The van der Waals surface area contributed by atoms with Crippen LogP contribution >= 0.6 is 12.6 Å². The van der Waals surface area contributed by atoms with Gasteiger partial charge in [-0.15, -0.1) is 0 Å². The first kappa shape index (κ1) is 28.7. The number of aromatic nitrogens is 3. The number of hydrogen-bond acceptors (Lipinski definition) is 7. The van der Waals surface area contributed by atoms with Crippen molar-refractivity contribution in [2.24, 2.45) is 11.7 Å². The highest BCUT2D eigenvalue weighted by atomic mass is 32.1. The minimum atomic E-state index is -1.25. The lowest BCUT2D eigenvalue weighted by Crippen LogP contribution is -2.58. The Morgan fingerprint density at radius 3 is 2.21 bits per heavy atom. The molecule has 8 N–H and O–H groups in total.